The lowest BCUT2D eigenvalue weighted by Crippen LogP contribution is -2.41. The van der Waals surface area contributed by atoms with E-state index in [0.29, 0.717) is 19.5 Å². The van der Waals surface area contributed by atoms with Crippen LogP contribution in [0.15, 0.2) is 12.7 Å². The monoisotopic (exact) mass is 254 g/mol. The fraction of sp³-hybridized carbons (Fsp3) is 0.769. The Morgan fingerprint density at radius 1 is 1.61 bits per heavy atom. The Balaban J connectivity index is 1.88. The van der Waals surface area contributed by atoms with Crippen LogP contribution in [0.2, 0.25) is 0 Å². The Morgan fingerprint density at radius 3 is 2.89 bits per heavy atom. The van der Waals surface area contributed by atoms with Crippen LogP contribution in [0.4, 0.5) is 0 Å². The van der Waals surface area contributed by atoms with E-state index >= 15 is 0 Å². The van der Waals surface area contributed by atoms with Crippen LogP contribution in [-0.2, 0) is 14.3 Å². The van der Waals surface area contributed by atoms with Gasteiger partial charge in [-0.25, -0.2) is 0 Å². The van der Waals surface area contributed by atoms with Crippen LogP contribution in [0.5, 0.6) is 0 Å². The smallest absolute Gasteiger partial charge is 0.222 e. The summed E-state index contributed by atoms with van der Waals surface area (Å²) in [4.78, 5) is 11.7. The number of hydrogen-bond donors (Lipinski definition) is 2. The number of nitrogens with one attached hydrogen (secondary N) is 1. The molecule has 2 saturated heterocycles. The fourth-order valence-corrected chi connectivity index (χ4v) is 2.65. The first-order valence-electron chi connectivity index (χ1n) is 6.52. The van der Waals surface area contributed by atoms with E-state index in [1.807, 2.05) is 0 Å². The van der Waals surface area contributed by atoms with Crippen LogP contribution in [-0.4, -0.2) is 42.9 Å². The normalized spacial score (nSPS) is 38.4. The van der Waals surface area contributed by atoms with Gasteiger partial charge in [0, 0.05) is 25.9 Å². The van der Waals surface area contributed by atoms with Crippen molar-refractivity contribution in [3.63, 3.8) is 0 Å². The molecule has 5 nitrogen and oxygen atoms in total. The number of carbonyl (C=O) groups is 1. The zero-order chi connectivity index (χ0) is 13.2. The van der Waals surface area contributed by atoms with Gasteiger partial charge in [-0.3, -0.25) is 4.79 Å². The maximum atomic E-state index is 11.7. The maximum Gasteiger partial charge on any atom is 0.222 e. The second-order valence-corrected chi connectivity index (χ2v) is 5.11. The highest BCUT2D eigenvalue weighted by Gasteiger charge is 2.57. The van der Waals surface area contributed by atoms with E-state index < -0.39 is 0 Å². The van der Waals surface area contributed by atoms with Crippen LogP contribution in [0.1, 0.15) is 26.2 Å². The van der Waals surface area contributed by atoms with Crippen LogP contribution < -0.4 is 11.1 Å². The molecule has 2 heterocycles. The van der Waals surface area contributed by atoms with Gasteiger partial charge in [0.1, 0.15) is 0 Å². The molecule has 2 rings (SSSR count). The summed E-state index contributed by atoms with van der Waals surface area (Å²) in [5, 5.41) is 2.76. The lowest BCUT2D eigenvalue weighted by Gasteiger charge is -2.32. The molecule has 1 spiro atoms. The summed E-state index contributed by atoms with van der Waals surface area (Å²) < 4.78 is 11.5. The minimum Gasteiger partial charge on any atom is -0.370 e. The Morgan fingerprint density at radius 2 is 2.33 bits per heavy atom. The molecule has 3 N–H and O–H groups in total. The third-order valence-electron chi connectivity index (χ3n) is 3.72. The molecule has 1 amide bonds. The third-order valence-corrected chi connectivity index (χ3v) is 3.72. The molecule has 0 aromatic heterocycles. The summed E-state index contributed by atoms with van der Waals surface area (Å²) in [6.07, 6.45) is 3.94. The Labute approximate surface area is 108 Å². The zero-order valence-corrected chi connectivity index (χ0v) is 10.9. The van der Waals surface area contributed by atoms with Crippen LogP contribution in [0.3, 0.4) is 0 Å². The van der Waals surface area contributed by atoms with Crippen LogP contribution in [0, 0.1) is 0 Å². The summed E-state index contributed by atoms with van der Waals surface area (Å²) in [6, 6.07) is 0. The minimum atomic E-state index is -0.0931. The highest BCUT2D eigenvalue weighted by molar-refractivity contribution is 5.76. The number of hydrogen-bond acceptors (Lipinski definition) is 4. The van der Waals surface area contributed by atoms with E-state index in [0.717, 1.165) is 12.8 Å². The molecule has 2 fully saturated rings. The lowest BCUT2D eigenvalue weighted by atomic mass is 9.87. The first kappa shape index (κ1) is 13.5. The SMILES string of the molecule is C=CC1CC2(C[C@@H](CC(=O)NCCN)O1)OC2C. The standard InChI is InChI=1S/C13H22N2O3/c1-3-10-7-13(9(2)18-13)8-11(17-10)6-12(16)15-5-4-14/h3,9-11H,1,4-8,14H2,2H3,(H,15,16)/t9?,10?,11-,13?/m1/s1. The number of nitrogens with two attached hydrogens (primary N) is 1. The molecule has 2 aliphatic heterocycles. The molecule has 102 valence electrons. The van der Waals surface area contributed by atoms with Gasteiger partial charge < -0.3 is 20.5 Å². The topological polar surface area (TPSA) is 76.9 Å². The quantitative estimate of drug-likeness (QED) is 0.548. The minimum absolute atomic E-state index is 0.0152. The number of epoxide rings is 1. The van der Waals surface area contributed by atoms with Crippen molar-refractivity contribution in [3.8, 4) is 0 Å². The van der Waals surface area contributed by atoms with Crippen molar-refractivity contribution in [2.24, 2.45) is 5.73 Å². The predicted molar refractivity (Wildman–Crippen MR) is 68.1 cm³/mol. The number of amides is 1. The van der Waals surface area contributed by atoms with Gasteiger partial charge in [-0.15, -0.1) is 6.58 Å². The van der Waals surface area contributed by atoms with E-state index in [9.17, 15) is 4.79 Å². The molecule has 0 saturated carbocycles. The van der Waals surface area contributed by atoms with Gasteiger partial charge in [-0.1, -0.05) is 6.08 Å². The summed E-state index contributed by atoms with van der Waals surface area (Å²) in [5.41, 5.74) is 5.26. The predicted octanol–water partition coefficient (Wildman–Crippen LogP) is 0.343. The van der Waals surface area contributed by atoms with E-state index in [4.69, 9.17) is 15.2 Å². The Hall–Kier alpha value is -0.910. The van der Waals surface area contributed by atoms with Crippen molar-refractivity contribution in [2.75, 3.05) is 13.1 Å². The summed E-state index contributed by atoms with van der Waals surface area (Å²) in [5.74, 6) is -0.0152. The highest BCUT2D eigenvalue weighted by atomic mass is 16.6. The Kier molecular flexibility index (Phi) is 4.04. The molecule has 0 bridgehead atoms. The fourth-order valence-electron chi connectivity index (χ4n) is 2.65. The zero-order valence-electron chi connectivity index (χ0n) is 10.9. The third kappa shape index (κ3) is 2.91. The van der Waals surface area contributed by atoms with Crippen LogP contribution >= 0.6 is 0 Å². The van der Waals surface area contributed by atoms with Gasteiger partial charge in [0.2, 0.25) is 5.91 Å². The van der Waals surface area contributed by atoms with Gasteiger partial charge in [-0.05, 0) is 6.92 Å². The lowest BCUT2D eigenvalue weighted by molar-refractivity contribution is -0.127. The molecule has 0 aromatic carbocycles. The average molecular weight is 254 g/mol. The largest absolute Gasteiger partial charge is 0.370 e. The van der Waals surface area contributed by atoms with E-state index in [-0.39, 0.29) is 29.8 Å². The number of carbonyl (C=O) groups excluding carboxylic acids is 1. The van der Waals surface area contributed by atoms with Crippen LogP contribution in [0.25, 0.3) is 0 Å². The van der Waals surface area contributed by atoms with Crippen molar-refractivity contribution in [1.82, 2.24) is 5.32 Å². The maximum absolute atomic E-state index is 11.7. The molecular weight excluding hydrogens is 232 g/mol. The molecule has 18 heavy (non-hydrogen) atoms. The molecular formula is C13H22N2O3. The van der Waals surface area contributed by atoms with Gasteiger partial charge in [0.05, 0.1) is 30.3 Å². The van der Waals surface area contributed by atoms with Crippen molar-refractivity contribution in [1.29, 1.82) is 0 Å². The van der Waals surface area contributed by atoms with Crippen molar-refractivity contribution < 1.29 is 14.3 Å². The molecule has 5 heteroatoms. The first-order chi connectivity index (χ1) is 8.59. The average Bonchev–Trinajstić information content (AvgIpc) is 2.94. The van der Waals surface area contributed by atoms with Gasteiger partial charge in [0.15, 0.2) is 0 Å². The Bertz CT molecular complexity index is 334. The molecule has 2 aliphatic rings. The highest BCUT2D eigenvalue weighted by Crippen LogP contribution is 2.48. The summed E-state index contributed by atoms with van der Waals surface area (Å²) in [6.45, 7) is 6.80. The molecule has 4 atom stereocenters. The summed E-state index contributed by atoms with van der Waals surface area (Å²) >= 11 is 0. The van der Waals surface area contributed by atoms with E-state index in [1.165, 1.54) is 0 Å². The van der Waals surface area contributed by atoms with Gasteiger partial charge >= 0.3 is 0 Å². The molecule has 0 radical (unpaired) electrons. The van der Waals surface area contributed by atoms with Crippen molar-refractivity contribution in [2.45, 2.75) is 50.1 Å². The second kappa shape index (κ2) is 5.38. The second-order valence-electron chi connectivity index (χ2n) is 5.11. The van der Waals surface area contributed by atoms with E-state index in [1.54, 1.807) is 6.08 Å². The number of rotatable bonds is 5. The van der Waals surface area contributed by atoms with Gasteiger partial charge in [-0.2, -0.15) is 0 Å². The number of ether oxygens (including phenoxy) is 2. The molecule has 3 unspecified atom stereocenters. The molecule has 0 aliphatic carbocycles. The van der Waals surface area contributed by atoms with E-state index in [2.05, 4.69) is 18.8 Å². The summed E-state index contributed by atoms with van der Waals surface area (Å²) in [7, 11) is 0. The van der Waals surface area contributed by atoms with Crippen molar-refractivity contribution in [3.05, 3.63) is 12.7 Å². The van der Waals surface area contributed by atoms with Gasteiger partial charge in [0.25, 0.3) is 0 Å². The first-order valence-corrected chi connectivity index (χ1v) is 6.52. The molecule has 0 aromatic rings. The van der Waals surface area contributed by atoms with Crippen molar-refractivity contribution >= 4 is 5.91 Å².